The first-order valence-electron chi connectivity index (χ1n) is 9.36. The molecule has 132 valence electrons. The number of hydrogen-bond acceptors (Lipinski definition) is 4. The molecule has 2 saturated heterocycles. The molecule has 2 aliphatic carbocycles. The maximum Gasteiger partial charge on any atom is 0.317 e. The number of urea groups is 1. The van der Waals surface area contributed by atoms with Gasteiger partial charge in [-0.15, -0.1) is 0 Å². The molecule has 2 saturated carbocycles. The zero-order chi connectivity index (χ0) is 17.2. The predicted octanol–water partition coefficient (Wildman–Crippen LogP) is 2.59. The van der Waals surface area contributed by atoms with E-state index in [4.69, 9.17) is 5.26 Å². The van der Waals surface area contributed by atoms with Crippen molar-refractivity contribution in [3.63, 3.8) is 0 Å². The van der Waals surface area contributed by atoms with E-state index in [1.165, 1.54) is 32.1 Å². The van der Waals surface area contributed by atoms with Crippen LogP contribution in [0.2, 0.25) is 0 Å². The topological polar surface area (TPSA) is 81.0 Å². The van der Waals surface area contributed by atoms with E-state index >= 15 is 0 Å². The van der Waals surface area contributed by atoms with Crippen LogP contribution in [0.1, 0.15) is 37.7 Å². The van der Waals surface area contributed by atoms with Gasteiger partial charge in [0.05, 0.1) is 5.56 Å². The number of pyridine rings is 1. The highest BCUT2D eigenvalue weighted by atomic mass is 16.2. The van der Waals surface area contributed by atoms with Gasteiger partial charge in [-0.05, 0) is 62.0 Å². The van der Waals surface area contributed by atoms with Crippen LogP contribution >= 0.6 is 0 Å². The zero-order valence-electron chi connectivity index (χ0n) is 14.4. The summed E-state index contributed by atoms with van der Waals surface area (Å²) in [7, 11) is 0. The standard InChI is InChI=1S/C19H25N5O/c20-11-16-2-1-3-21-18(16)22-4-5-23-19(25)24-12-15-7-13-6-14(8-15)10-17(24)9-13/h1-3,13-15,17H,4-10,12H2,(H,21,22)(H,23,25). The number of anilines is 1. The molecule has 2 atom stereocenters. The number of rotatable bonds is 4. The lowest BCUT2D eigenvalue weighted by Gasteiger charge is -2.38. The number of nitrogens with one attached hydrogen (secondary N) is 2. The monoisotopic (exact) mass is 339 g/mol. The average molecular weight is 339 g/mol. The molecule has 0 radical (unpaired) electrons. The molecule has 2 aliphatic heterocycles. The van der Waals surface area contributed by atoms with Crippen LogP contribution in [-0.4, -0.2) is 41.6 Å². The molecular weight excluding hydrogens is 314 g/mol. The normalized spacial score (nSPS) is 29.8. The number of fused-ring (bicyclic) bond motifs is 1. The van der Waals surface area contributed by atoms with Crippen molar-refractivity contribution in [1.29, 1.82) is 5.26 Å². The highest BCUT2D eigenvalue weighted by Gasteiger charge is 2.43. The minimum Gasteiger partial charge on any atom is -0.367 e. The fourth-order valence-electron chi connectivity index (χ4n) is 5.12. The van der Waals surface area contributed by atoms with Gasteiger partial charge >= 0.3 is 6.03 Å². The van der Waals surface area contributed by atoms with E-state index in [9.17, 15) is 4.79 Å². The minimum atomic E-state index is 0.0709. The summed E-state index contributed by atoms with van der Waals surface area (Å²) in [5, 5.41) is 15.2. The Kier molecular flexibility index (Phi) is 4.48. The van der Waals surface area contributed by atoms with Gasteiger partial charge in [0.2, 0.25) is 0 Å². The highest BCUT2D eigenvalue weighted by Crippen LogP contribution is 2.47. The molecule has 5 rings (SSSR count). The summed E-state index contributed by atoms with van der Waals surface area (Å²) in [5.74, 6) is 2.96. The third kappa shape index (κ3) is 3.41. The Labute approximate surface area is 148 Å². The molecule has 2 amide bonds. The molecule has 0 spiro atoms. The van der Waals surface area contributed by atoms with E-state index in [-0.39, 0.29) is 6.03 Å². The van der Waals surface area contributed by atoms with Gasteiger partial charge in [0.25, 0.3) is 0 Å². The Morgan fingerprint density at radius 1 is 1.20 bits per heavy atom. The Morgan fingerprint density at radius 2 is 1.96 bits per heavy atom. The summed E-state index contributed by atoms with van der Waals surface area (Å²) >= 11 is 0. The molecule has 2 N–H and O–H groups in total. The Bertz CT molecular complexity index is 671. The molecule has 6 heteroatoms. The van der Waals surface area contributed by atoms with Crippen molar-refractivity contribution in [2.24, 2.45) is 17.8 Å². The lowest BCUT2D eigenvalue weighted by Crippen LogP contribution is -2.48. The van der Waals surface area contributed by atoms with Crippen LogP contribution < -0.4 is 10.6 Å². The predicted molar refractivity (Wildman–Crippen MR) is 94.9 cm³/mol. The molecule has 4 bridgehead atoms. The van der Waals surface area contributed by atoms with Crippen molar-refractivity contribution in [2.75, 3.05) is 25.0 Å². The Balaban J connectivity index is 1.29. The summed E-state index contributed by atoms with van der Waals surface area (Å²) in [5.41, 5.74) is 0.523. The molecular formula is C19H25N5O. The molecule has 4 fully saturated rings. The van der Waals surface area contributed by atoms with Crippen molar-refractivity contribution in [2.45, 2.75) is 38.1 Å². The number of nitrogens with zero attached hydrogens (tertiary/aromatic N) is 3. The summed E-state index contributed by atoms with van der Waals surface area (Å²) in [4.78, 5) is 18.9. The van der Waals surface area contributed by atoms with Gasteiger partial charge in [0.1, 0.15) is 11.9 Å². The van der Waals surface area contributed by atoms with Crippen LogP contribution in [0, 0.1) is 29.1 Å². The van der Waals surface area contributed by atoms with Crippen molar-refractivity contribution in [3.05, 3.63) is 23.9 Å². The summed E-state index contributed by atoms with van der Waals surface area (Å²) in [6.45, 7) is 2.02. The molecule has 3 heterocycles. The van der Waals surface area contributed by atoms with Gasteiger partial charge in [-0.3, -0.25) is 0 Å². The van der Waals surface area contributed by atoms with Crippen LogP contribution in [0.3, 0.4) is 0 Å². The van der Waals surface area contributed by atoms with Crippen molar-refractivity contribution < 1.29 is 4.79 Å². The third-order valence-corrected chi connectivity index (χ3v) is 5.99. The number of carbonyl (C=O) groups excluding carboxylic acids is 1. The third-order valence-electron chi connectivity index (χ3n) is 5.99. The first-order valence-corrected chi connectivity index (χ1v) is 9.36. The van der Waals surface area contributed by atoms with E-state index in [1.54, 1.807) is 18.3 Å². The smallest absolute Gasteiger partial charge is 0.317 e. The van der Waals surface area contributed by atoms with Gasteiger partial charge in [0, 0.05) is 31.9 Å². The van der Waals surface area contributed by atoms with Crippen molar-refractivity contribution in [3.8, 4) is 6.07 Å². The molecule has 4 aliphatic rings. The maximum atomic E-state index is 12.7. The van der Waals surface area contributed by atoms with Gasteiger partial charge in [-0.1, -0.05) is 0 Å². The second-order valence-corrected chi connectivity index (χ2v) is 7.75. The van der Waals surface area contributed by atoms with Crippen molar-refractivity contribution in [1.82, 2.24) is 15.2 Å². The van der Waals surface area contributed by atoms with Gasteiger partial charge in [0.15, 0.2) is 0 Å². The first-order chi connectivity index (χ1) is 12.2. The van der Waals surface area contributed by atoms with E-state index < -0.39 is 0 Å². The van der Waals surface area contributed by atoms with Gasteiger partial charge < -0.3 is 15.5 Å². The number of aromatic nitrogens is 1. The quantitative estimate of drug-likeness (QED) is 0.826. The molecule has 2 unspecified atom stereocenters. The largest absolute Gasteiger partial charge is 0.367 e. The molecule has 0 aromatic carbocycles. The van der Waals surface area contributed by atoms with Crippen LogP contribution in [0.4, 0.5) is 10.6 Å². The lowest BCUT2D eigenvalue weighted by atomic mass is 9.68. The molecule has 25 heavy (non-hydrogen) atoms. The second-order valence-electron chi connectivity index (χ2n) is 7.75. The van der Waals surface area contributed by atoms with Crippen LogP contribution in [-0.2, 0) is 0 Å². The first kappa shape index (κ1) is 16.2. The number of nitriles is 1. The van der Waals surface area contributed by atoms with Crippen LogP contribution in [0.25, 0.3) is 0 Å². The van der Waals surface area contributed by atoms with E-state index in [2.05, 4.69) is 26.6 Å². The Morgan fingerprint density at radius 3 is 2.72 bits per heavy atom. The SMILES string of the molecule is N#Cc1cccnc1NCCNC(=O)N1CC2CC3CC(C2)CC1C3. The second kappa shape index (κ2) is 6.91. The zero-order valence-corrected chi connectivity index (χ0v) is 14.4. The summed E-state index contributed by atoms with van der Waals surface area (Å²) < 4.78 is 0. The van der Waals surface area contributed by atoms with E-state index in [0.717, 1.165) is 18.4 Å². The van der Waals surface area contributed by atoms with Gasteiger partial charge in [-0.2, -0.15) is 5.26 Å². The number of amides is 2. The average Bonchev–Trinajstić information content (AvgIpc) is 2.82. The van der Waals surface area contributed by atoms with E-state index in [1.807, 2.05) is 0 Å². The summed E-state index contributed by atoms with van der Waals surface area (Å²) in [6.07, 6.45) is 8.06. The fraction of sp³-hybridized carbons (Fsp3) is 0.632. The minimum absolute atomic E-state index is 0.0709. The van der Waals surface area contributed by atoms with E-state index in [0.29, 0.717) is 36.4 Å². The molecule has 1 aromatic heterocycles. The highest BCUT2D eigenvalue weighted by molar-refractivity contribution is 5.74. The molecule has 6 nitrogen and oxygen atoms in total. The molecule has 1 aromatic rings. The Hall–Kier alpha value is -2.29. The van der Waals surface area contributed by atoms with Crippen LogP contribution in [0.5, 0.6) is 0 Å². The lowest BCUT2D eigenvalue weighted by molar-refractivity contribution is 0.132. The van der Waals surface area contributed by atoms with Crippen molar-refractivity contribution >= 4 is 11.8 Å². The fourth-order valence-corrected chi connectivity index (χ4v) is 5.12. The van der Waals surface area contributed by atoms with Gasteiger partial charge in [-0.25, -0.2) is 9.78 Å². The maximum absolute atomic E-state index is 12.7. The summed E-state index contributed by atoms with van der Waals surface area (Å²) in [6, 6.07) is 6.10. The number of hydrogen-bond donors (Lipinski definition) is 2. The van der Waals surface area contributed by atoms with Crippen LogP contribution in [0.15, 0.2) is 18.3 Å². The number of carbonyl (C=O) groups is 1.